The van der Waals surface area contributed by atoms with Crippen LogP contribution in [0, 0.1) is 24.6 Å². The van der Waals surface area contributed by atoms with E-state index < -0.39 is 17.5 Å². The maximum atomic E-state index is 13.8. The van der Waals surface area contributed by atoms with E-state index in [0.717, 1.165) is 20.8 Å². The number of likely N-dealkylation sites (tertiary alicyclic amines) is 1. The number of nitrogens with one attached hydrogen (secondary N) is 1. The molecular formula is C37H34FN5O5S. The number of thiazole rings is 1. The van der Waals surface area contributed by atoms with Crippen LogP contribution < -0.4 is 15.8 Å². The number of alkyl carbamates (subject to hydrolysis) is 1. The minimum Gasteiger partial charge on any atom is -0.474 e. The lowest BCUT2D eigenvalue weighted by molar-refractivity contribution is 0.0751. The number of nitrogens with zero attached hydrogens (tertiary/aromatic N) is 3. The number of carbonyl (C=O) groups is 3. The van der Waals surface area contributed by atoms with Crippen LogP contribution in [-0.4, -0.2) is 52.0 Å². The molecule has 3 heterocycles. The summed E-state index contributed by atoms with van der Waals surface area (Å²) in [4.78, 5) is 49.4. The van der Waals surface area contributed by atoms with Gasteiger partial charge in [-0.25, -0.2) is 19.2 Å². The summed E-state index contributed by atoms with van der Waals surface area (Å²) >= 11 is 1.41. The molecule has 10 nitrogen and oxygen atoms in total. The number of piperidine rings is 1. The molecule has 12 heteroatoms. The average Bonchev–Trinajstić information content (AvgIpc) is 3.36. The summed E-state index contributed by atoms with van der Waals surface area (Å²) in [5, 5.41) is 3.73. The number of pyridine rings is 1. The topological polar surface area (TPSA) is 137 Å². The van der Waals surface area contributed by atoms with Crippen LogP contribution in [-0.2, 0) is 16.9 Å². The van der Waals surface area contributed by atoms with Gasteiger partial charge in [-0.05, 0) is 74.4 Å². The highest BCUT2D eigenvalue weighted by Crippen LogP contribution is 2.48. The number of carbonyl (C=O) groups excluding carboxylic acids is 3. The fourth-order valence-corrected chi connectivity index (χ4v) is 7.26. The molecule has 0 radical (unpaired) electrons. The second-order valence-corrected chi connectivity index (χ2v) is 14.2. The second-order valence-electron chi connectivity index (χ2n) is 13.0. The van der Waals surface area contributed by atoms with Crippen molar-refractivity contribution in [3.8, 4) is 17.1 Å². The Morgan fingerprint density at radius 1 is 1.00 bits per heavy atom. The Balaban J connectivity index is 1.07. The van der Waals surface area contributed by atoms with Crippen LogP contribution in [0.2, 0.25) is 0 Å². The van der Waals surface area contributed by atoms with E-state index in [1.54, 1.807) is 29.2 Å². The van der Waals surface area contributed by atoms with Crippen LogP contribution >= 0.6 is 11.3 Å². The lowest BCUT2D eigenvalue weighted by Crippen LogP contribution is -2.41. The molecule has 2 aliphatic rings. The number of nitrogens with two attached hydrogens (primary N) is 1. The quantitative estimate of drug-likeness (QED) is 0.189. The number of amides is 3. The molecule has 250 valence electrons. The number of halogens is 1. The van der Waals surface area contributed by atoms with Crippen LogP contribution in [0.4, 0.5) is 9.18 Å². The predicted octanol–water partition coefficient (Wildman–Crippen LogP) is 6.22. The summed E-state index contributed by atoms with van der Waals surface area (Å²) in [6, 6.07) is 22.4. The monoisotopic (exact) mass is 679 g/mol. The molecule has 3 N–H and O–H groups in total. The molecule has 2 aromatic heterocycles. The van der Waals surface area contributed by atoms with Gasteiger partial charge in [0.25, 0.3) is 11.8 Å². The van der Waals surface area contributed by atoms with Crippen LogP contribution in [0.5, 0.6) is 5.88 Å². The van der Waals surface area contributed by atoms with Gasteiger partial charge in [-0.15, -0.1) is 11.3 Å². The minimum absolute atomic E-state index is 0.104. The fourth-order valence-electron chi connectivity index (χ4n) is 6.37. The molecule has 1 saturated carbocycles. The summed E-state index contributed by atoms with van der Waals surface area (Å²) < 4.78 is 26.4. The van der Waals surface area contributed by atoms with E-state index in [0.29, 0.717) is 41.3 Å². The van der Waals surface area contributed by atoms with E-state index in [1.807, 2.05) is 57.2 Å². The van der Waals surface area contributed by atoms with Gasteiger partial charge in [0.05, 0.1) is 32.0 Å². The Hall–Kier alpha value is -5.36. The Bertz CT molecular complexity index is 2070. The molecule has 3 amide bonds. The van der Waals surface area contributed by atoms with Crippen molar-refractivity contribution in [3.05, 3.63) is 112 Å². The summed E-state index contributed by atoms with van der Waals surface area (Å²) in [5.41, 5.74) is 8.72. The zero-order valence-electron chi connectivity index (χ0n) is 27.1. The largest absolute Gasteiger partial charge is 0.474 e. The minimum atomic E-state index is -0.881. The molecule has 1 saturated heterocycles. The summed E-state index contributed by atoms with van der Waals surface area (Å²) in [6.07, 6.45) is -0.738. The highest BCUT2D eigenvalue weighted by Gasteiger charge is 2.59. The molecule has 49 heavy (non-hydrogen) atoms. The Morgan fingerprint density at radius 3 is 2.41 bits per heavy atom. The third-order valence-electron chi connectivity index (χ3n) is 9.06. The van der Waals surface area contributed by atoms with Gasteiger partial charge in [-0.3, -0.25) is 9.59 Å². The number of fused-ring (bicyclic) bond motifs is 2. The van der Waals surface area contributed by atoms with Gasteiger partial charge in [-0.1, -0.05) is 30.3 Å². The number of primary amides is 1. The summed E-state index contributed by atoms with van der Waals surface area (Å²) in [5.74, 6) is -0.594. The smallest absolute Gasteiger partial charge is 0.408 e. The van der Waals surface area contributed by atoms with E-state index in [9.17, 15) is 18.8 Å². The molecule has 0 spiro atoms. The first kappa shape index (κ1) is 32.2. The molecule has 0 bridgehead atoms. The second kappa shape index (κ2) is 12.6. The Kier molecular flexibility index (Phi) is 8.27. The molecule has 1 unspecified atom stereocenters. The highest BCUT2D eigenvalue weighted by atomic mass is 32.1. The van der Waals surface area contributed by atoms with Crippen molar-refractivity contribution in [2.24, 2.45) is 17.6 Å². The molecule has 1 aliphatic heterocycles. The van der Waals surface area contributed by atoms with Gasteiger partial charge in [0.1, 0.15) is 18.5 Å². The normalized spacial score (nSPS) is 18.2. The molecule has 3 atom stereocenters. The number of rotatable bonds is 9. The molecular weight excluding hydrogens is 646 g/mol. The number of hydrogen-bond donors (Lipinski definition) is 2. The fraction of sp³-hybridized carbons (Fsp3) is 0.270. The van der Waals surface area contributed by atoms with Crippen molar-refractivity contribution < 1.29 is 28.2 Å². The Morgan fingerprint density at radius 2 is 1.71 bits per heavy atom. The van der Waals surface area contributed by atoms with Crippen molar-refractivity contribution in [2.45, 2.75) is 39.0 Å². The number of benzene rings is 3. The number of ether oxygens (including phenoxy) is 2. The standard InChI is InChI=1S/C37H34FN5O5S/c1-20-40-32-26(34(39)44)13-23(14-30(32)49-20)35(45)43-17-27-28(18-43)33(27)48-31-16-24(15-29(41-31)22-9-11-25(38)12-10-22)37(2,3)42-36(46)47-19-21-7-5-4-6-8-21/h4-16,27-28,33H,17-19H2,1-3H3,(H2,39,44)(H,42,46)/t27-,28+,33?. The van der Waals surface area contributed by atoms with E-state index in [2.05, 4.69) is 10.3 Å². The number of hydrogen-bond acceptors (Lipinski definition) is 8. The lowest BCUT2D eigenvalue weighted by atomic mass is 9.93. The van der Waals surface area contributed by atoms with Crippen LogP contribution in [0.1, 0.15) is 50.7 Å². The maximum Gasteiger partial charge on any atom is 0.408 e. The Labute approximate surface area is 286 Å². The zero-order chi connectivity index (χ0) is 34.4. The first-order valence-corrected chi connectivity index (χ1v) is 16.7. The van der Waals surface area contributed by atoms with Crippen molar-refractivity contribution in [1.82, 2.24) is 20.2 Å². The molecule has 5 aromatic rings. The van der Waals surface area contributed by atoms with Crippen LogP contribution in [0.15, 0.2) is 78.9 Å². The van der Waals surface area contributed by atoms with E-state index >= 15 is 0 Å². The molecule has 1 aliphatic carbocycles. The maximum absolute atomic E-state index is 13.8. The first-order valence-electron chi connectivity index (χ1n) is 15.9. The third kappa shape index (κ3) is 6.68. The highest BCUT2D eigenvalue weighted by molar-refractivity contribution is 7.18. The SMILES string of the molecule is Cc1nc2c(C(N)=O)cc(C(=O)N3C[C@@H]4C(Oc5cc(C(C)(C)NC(=O)OCc6ccccc6)cc(-c6ccc(F)cc6)n5)[C@@H]4C3)cc2s1. The van der Waals surface area contributed by atoms with Gasteiger partial charge in [0, 0.05) is 42.1 Å². The summed E-state index contributed by atoms with van der Waals surface area (Å²) in [6.45, 7) is 6.67. The summed E-state index contributed by atoms with van der Waals surface area (Å²) in [7, 11) is 0. The van der Waals surface area contributed by atoms with Crippen molar-refractivity contribution in [3.63, 3.8) is 0 Å². The van der Waals surface area contributed by atoms with E-state index in [-0.39, 0.29) is 41.8 Å². The van der Waals surface area contributed by atoms with Gasteiger partial charge in [-0.2, -0.15) is 0 Å². The van der Waals surface area contributed by atoms with Crippen LogP contribution in [0.25, 0.3) is 21.5 Å². The third-order valence-corrected chi connectivity index (χ3v) is 9.98. The first-order chi connectivity index (χ1) is 23.4. The van der Waals surface area contributed by atoms with Gasteiger partial charge < -0.3 is 25.4 Å². The average molecular weight is 680 g/mol. The molecule has 7 rings (SSSR count). The van der Waals surface area contributed by atoms with Crippen LogP contribution in [0.3, 0.4) is 0 Å². The van der Waals surface area contributed by atoms with Gasteiger partial charge in [0.15, 0.2) is 0 Å². The van der Waals surface area contributed by atoms with Crippen molar-refractivity contribution in [2.75, 3.05) is 13.1 Å². The van der Waals surface area contributed by atoms with E-state index in [4.69, 9.17) is 20.2 Å². The lowest BCUT2D eigenvalue weighted by Gasteiger charge is -2.27. The molecule has 2 fully saturated rings. The van der Waals surface area contributed by atoms with Crippen molar-refractivity contribution >= 4 is 39.5 Å². The molecule has 3 aromatic carbocycles. The zero-order valence-corrected chi connectivity index (χ0v) is 27.9. The van der Waals surface area contributed by atoms with Gasteiger partial charge >= 0.3 is 6.09 Å². The van der Waals surface area contributed by atoms with E-state index in [1.165, 1.54) is 29.5 Å². The number of aromatic nitrogens is 2. The van der Waals surface area contributed by atoms with Gasteiger partial charge in [0.2, 0.25) is 5.88 Å². The number of aryl methyl sites for hydroxylation is 1. The predicted molar refractivity (Wildman–Crippen MR) is 183 cm³/mol. The van der Waals surface area contributed by atoms with Crippen molar-refractivity contribution in [1.29, 1.82) is 0 Å².